The Morgan fingerprint density at radius 1 is 1.31 bits per heavy atom. The van der Waals surface area contributed by atoms with Crippen LogP contribution in [0.25, 0.3) is 0 Å². The standard InChI is InChI=1S/C12H16N4/c1-16(11-5-3-2-4-6-11)12-7-10(8-13)14-9-15-12/h7,9,11H,2-6H2,1H3. The molecule has 0 bridgehead atoms. The van der Waals surface area contributed by atoms with Crippen molar-refractivity contribution < 1.29 is 0 Å². The van der Waals surface area contributed by atoms with Crippen LogP contribution < -0.4 is 4.90 Å². The van der Waals surface area contributed by atoms with Gasteiger partial charge in [0.05, 0.1) is 0 Å². The van der Waals surface area contributed by atoms with E-state index in [0.717, 1.165) is 5.82 Å². The van der Waals surface area contributed by atoms with Crippen molar-refractivity contribution in [1.82, 2.24) is 9.97 Å². The van der Waals surface area contributed by atoms with Crippen molar-refractivity contribution in [2.24, 2.45) is 0 Å². The maximum atomic E-state index is 8.80. The second-order valence-electron chi connectivity index (χ2n) is 4.28. The van der Waals surface area contributed by atoms with Crippen LogP contribution in [-0.4, -0.2) is 23.1 Å². The lowest BCUT2D eigenvalue weighted by Gasteiger charge is -2.31. The SMILES string of the molecule is CN(c1cc(C#N)ncn1)C1CCCCC1. The van der Waals surface area contributed by atoms with E-state index in [2.05, 4.69) is 21.9 Å². The molecule has 16 heavy (non-hydrogen) atoms. The maximum Gasteiger partial charge on any atom is 0.145 e. The van der Waals surface area contributed by atoms with E-state index < -0.39 is 0 Å². The molecule has 1 saturated carbocycles. The summed E-state index contributed by atoms with van der Waals surface area (Å²) in [6, 6.07) is 4.37. The first-order valence-electron chi connectivity index (χ1n) is 5.76. The Morgan fingerprint density at radius 3 is 2.75 bits per heavy atom. The number of hydrogen-bond donors (Lipinski definition) is 0. The summed E-state index contributed by atoms with van der Waals surface area (Å²) in [5.41, 5.74) is 0.438. The number of anilines is 1. The van der Waals surface area contributed by atoms with Crippen molar-refractivity contribution in [1.29, 1.82) is 5.26 Å². The van der Waals surface area contributed by atoms with Gasteiger partial charge in [-0.1, -0.05) is 19.3 Å². The molecule has 84 valence electrons. The fraction of sp³-hybridized carbons (Fsp3) is 0.583. The van der Waals surface area contributed by atoms with E-state index in [-0.39, 0.29) is 0 Å². The Morgan fingerprint density at radius 2 is 2.06 bits per heavy atom. The molecule has 0 radical (unpaired) electrons. The van der Waals surface area contributed by atoms with Gasteiger partial charge in [0.2, 0.25) is 0 Å². The van der Waals surface area contributed by atoms with E-state index in [1.165, 1.54) is 38.4 Å². The lowest BCUT2D eigenvalue weighted by molar-refractivity contribution is 0.426. The highest BCUT2D eigenvalue weighted by atomic mass is 15.2. The number of nitrogens with zero attached hydrogens (tertiary/aromatic N) is 4. The van der Waals surface area contributed by atoms with Gasteiger partial charge in [-0.3, -0.25) is 0 Å². The molecular formula is C12H16N4. The Hall–Kier alpha value is -1.63. The summed E-state index contributed by atoms with van der Waals surface area (Å²) in [4.78, 5) is 10.3. The molecular weight excluding hydrogens is 200 g/mol. The second-order valence-corrected chi connectivity index (χ2v) is 4.28. The first kappa shape index (κ1) is 10.9. The minimum Gasteiger partial charge on any atom is -0.357 e. The van der Waals surface area contributed by atoms with Gasteiger partial charge < -0.3 is 4.90 Å². The Labute approximate surface area is 95.9 Å². The third kappa shape index (κ3) is 2.30. The summed E-state index contributed by atoms with van der Waals surface area (Å²) in [5, 5.41) is 8.80. The van der Waals surface area contributed by atoms with Gasteiger partial charge in [-0.15, -0.1) is 0 Å². The number of hydrogen-bond acceptors (Lipinski definition) is 4. The molecule has 0 spiro atoms. The van der Waals surface area contributed by atoms with Crippen molar-refractivity contribution in [2.75, 3.05) is 11.9 Å². The van der Waals surface area contributed by atoms with Crippen molar-refractivity contribution >= 4 is 5.82 Å². The van der Waals surface area contributed by atoms with Gasteiger partial charge in [0, 0.05) is 19.2 Å². The third-order valence-corrected chi connectivity index (χ3v) is 3.25. The number of nitriles is 1. The van der Waals surface area contributed by atoms with E-state index in [0.29, 0.717) is 11.7 Å². The molecule has 4 nitrogen and oxygen atoms in total. The lowest BCUT2D eigenvalue weighted by atomic mass is 9.94. The van der Waals surface area contributed by atoms with Crippen LogP contribution in [-0.2, 0) is 0 Å². The molecule has 0 N–H and O–H groups in total. The van der Waals surface area contributed by atoms with Crippen LogP contribution >= 0.6 is 0 Å². The van der Waals surface area contributed by atoms with E-state index in [1.807, 2.05) is 6.07 Å². The normalized spacial score (nSPS) is 16.8. The van der Waals surface area contributed by atoms with Gasteiger partial charge >= 0.3 is 0 Å². The monoisotopic (exact) mass is 216 g/mol. The molecule has 1 fully saturated rings. The Bertz CT molecular complexity index is 390. The van der Waals surface area contributed by atoms with Crippen molar-refractivity contribution in [3.8, 4) is 6.07 Å². The quantitative estimate of drug-likeness (QED) is 0.759. The summed E-state index contributed by atoms with van der Waals surface area (Å²) in [6.07, 6.45) is 7.85. The van der Waals surface area contributed by atoms with Crippen molar-refractivity contribution in [2.45, 2.75) is 38.1 Å². The van der Waals surface area contributed by atoms with Gasteiger partial charge in [0.25, 0.3) is 0 Å². The molecule has 1 aromatic heterocycles. The average molecular weight is 216 g/mol. The Balaban J connectivity index is 2.13. The van der Waals surface area contributed by atoms with Crippen LogP contribution in [0.3, 0.4) is 0 Å². The highest BCUT2D eigenvalue weighted by molar-refractivity contribution is 5.42. The van der Waals surface area contributed by atoms with Gasteiger partial charge in [-0.25, -0.2) is 9.97 Å². The highest BCUT2D eigenvalue weighted by Crippen LogP contribution is 2.24. The van der Waals surface area contributed by atoms with Gasteiger partial charge in [0.15, 0.2) is 0 Å². The minimum atomic E-state index is 0.438. The number of aromatic nitrogens is 2. The molecule has 0 amide bonds. The predicted molar refractivity (Wildman–Crippen MR) is 62.0 cm³/mol. The fourth-order valence-electron chi connectivity index (χ4n) is 2.26. The molecule has 0 unspecified atom stereocenters. The van der Waals surface area contributed by atoms with E-state index in [1.54, 1.807) is 6.07 Å². The molecule has 0 aromatic carbocycles. The molecule has 0 atom stereocenters. The lowest BCUT2D eigenvalue weighted by Crippen LogP contribution is -2.33. The van der Waals surface area contributed by atoms with E-state index >= 15 is 0 Å². The molecule has 1 heterocycles. The molecule has 1 aliphatic rings. The van der Waals surface area contributed by atoms with Crippen LogP contribution in [0.1, 0.15) is 37.8 Å². The first-order valence-corrected chi connectivity index (χ1v) is 5.76. The Kier molecular flexibility index (Phi) is 3.35. The molecule has 1 aromatic rings. The van der Waals surface area contributed by atoms with Crippen LogP contribution in [0.15, 0.2) is 12.4 Å². The summed E-state index contributed by atoms with van der Waals surface area (Å²) in [6.45, 7) is 0. The van der Waals surface area contributed by atoms with Crippen LogP contribution in [0.5, 0.6) is 0 Å². The molecule has 4 heteroatoms. The van der Waals surface area contributed by atoms with E-state index in [4.69, 9.17) is 5.26 Å². The zero-order chi connectivity index (χ0) is 11.4. The summed E-state index contributed by atoms with van der Waals surface area (Å²) in [5.74, 6) is 0.860. The average Bonchev–Trinajstić information content (AvgIpc) is 2.39. The fourth-order valence-corrected chi connectivity index (χ4v) is 2.26. The summed E-state index contributed by atoms with van der Waals surface area (Å²) >= 11 is 0. The first-order chi connectivity index (χ1) is 7.81. The number of rotatable bonds is 2. The molecule has 0 saturated heterocycles. The zero-order valence-corrected chi connectivity index (χ0v) is 9.56. The smallest absolute Gasteiger partial charge is 0.145 e. The summed E-state index contributed by atoms with van der Waals surface area (Å²) in [7, 11) is 2.06. The topological polar surface area (TPSA) is 52.8 Å². The van der Waals surface area contributed by atoms with Gasteiger partial charge in [-0.2, -0.15) is 5.26 Å². The molecule has 1 aliphatic carbocycles. The largest absolute Gasteiger partial charge is 0.357 e. The molecule has 2 rings (SSSR count). The predicted octanol–water partition coefficient (Wildman–Crippen LogP) is 2.12. The van der Waals surface area contributed by atoms with E-state index in [9.17, 15) is 0 Å². The maximum absolute atomic E-state index is 8.80. The summed E-state index contributed by atoms with van der Waals surface area (Å²) < 4.78 is 0. The second kappa shape index (κ2) is 4.93. The highest BCUT2D eigenvalue weighted by Gasteiger charge is 2.19. The zero-order valence-electron chi connectivity index (χ0n) is 9.56. The third-order valence-electron chi connectivity index (χ3n) is 3.25. The minimum absolute atomic E-state index is 0.438. The van der Waals surface area contributed by atoms with Crippen LogP contribution in [0.2, 0.25) is 0 Å². The van der Waals surface area contributed by atoms with Gasteiger partial charge in [0.1, 0.15) is 23.9 Å². The van der Waals surface area contributed by atoms with Crippen LogP contribution in [0.4, 0.5) is 5.82 Å². The molecule has 0 aliphatic heterocycles. The van der Waals surface area contributed by atoms with Crippen molar-refractivity contribution in [3.63, 3.8) is 0 Å². The van der Waals surface area contributed by atoms with Crippen LogP contribution in [0, 0.1) is 11.3 Å². The van der Waals surface area contributed by atoms with Crippen molar-refractivity contribution in [3.05, 3.63) is 18.1 Å². The van der Waals surface area contributed by atoms with Gasteiger partial charge in [-0.05, 0) is 12.8 Å².